The maximum Gasteiger partial charge on any atom is 0.243 e. The summed E-state index contributed by atoms with van der Waals surface area (Å²) in [6, 6.07) is 27.6. The van der Waals surface area contributed by atoms with Gasteiger partial charge in [-0.05, 0) is 36.5 Å². The summed E-state index contributed by atoms with van der Waals surface area (Å²) in [5.41, 5.74) is 4.17. The van der Waals surface area contributed by atoms with Crippen LogP contribution in [0.2, 0.25) is 0 Å². The number of hydrogen-bond acceptors (Lipinski definition) is 2. The Balaban J connectivity index is 1.64. The predicted molar refractivity (Wildman–Crippen MR) is 136 cm³/mol. The van der Waals surface area contributed by atoms with Crippen LogP contribution in [0.25, 0.3) is 0 Å². The molecule has 0 aromatic heterocycles. The second-order valence-corrected chi connectivity index (χ2v) is 9.37. The number of hydrogen-bond donors (Lipinski definition) is 1. The summed E-state index contributed by atoms with van der Waals surface area (Å²) >= 11 is 0. The minimum atomic E-state index is -0.569. The quantitative estimate of drug-likeness (QED) is 0.481. The van der Waals surface area contributed by atoms with Crippen LogP contribution >= 0.6 is 0 Å². The third kappa shape index (κ3) is 6.57. The number of benzene rings is 3. The average molecular weight is 455 g/mol. The largest absolute Gasteiger partial charge is 0.352 e. The van der Waals surface area contributed by atoms with E-state index in [0.29, 0.717) is 13.0 Å². The Labute approximate surface area is 203 Å². The van der Waals surface area contributed by atoms with Crippen molar-refractivity contribution in [3.05, 3.63) is 107 Å². The number of nitrogens with zero attached hydrogens (tertiary/aromatic N) is 1. The highest BCUT2D eigenvalue weighted by molar-refractivity contribution is 5.89. The maximum atomic E-state index is 13.7. The van der Waals surface area contributed by atoms with Gasteiger partial charge < -0.3 is 10.2 Å². The highest BCUT2D eigenvalue weighted by Gasteiger charge is 2.32. The van der Waals surface area contributed by atoms with E-state index in [1.807, 2.05) is 91.9 Å². The lowest BCUT2D eigenvalue weighted by atomic mass is 10.0. The third-order valence-corrected chi connectivity index (χ3v) is 6.61. The Morgan fingerprint density at radius 1 is 0.853 bits per heavy atom. The SMILES string of the molecule is Cc1cccc(CC(=O)N(Cc2ccccc2)[C@H](Cc2ccccc2)C(=O)NC2CCCC2)c1. The summed E-state index contributed by atoms with van der Waals surface area (Å²) in [6.07, 6.45) is 5.09. The van der Waals surface area contributed by atoms with E-state index in [-0.39, 0.29) is 24.3 Å². The minimum absolute atomic E-state index is 0.0306. The molecule has 1 fully saturated rings. The third-order valence-electron chi connectivity index (χ3n) is 6.61. The first-order valence-corrected chi connectivity index (χ1v) is 12.3. The molecule has 1 aliphatic rings. The van der Waals surface area contributed by atoms with Gasteiger partial charge in [0.25, 0.3) is 0 Å². The zero-order valence-electron chi connectivity index (χ0n) is 20.0. The van der Waals surface area contributed by atoms with Gasteiger partial charge in [-0.1, -0.05) is 103 Å². The molecule has 0 bridgehead atoms. The summed E-state index contributed by atoms with van der Waals surface area (Å²) in [5, 5.41) is 3.26. The van der Waals surface area contributed by atoms with Crippen LogP contribution in [-0.2, 0) is 29.0 Å². The average Bonchev–Trinajstić information content (AvgIpc) is 3.35. The number of nitrogens with one attached hydrogen (secondary N) is 1. The van der Waals surface area contributed by atoms with Crippen molar-refractivity contribution in [3.8, 4) is 0 Å². The number of aryl methyl sites for hydroxylation is 1. The fourth-order valence-electron chi connectivity index (χ4n) is 4.80. The Morgan fingerprint density at radius 3 is 2.12 bits per heavy atom. The van der Waals surface area contributed by atoms with Crippen molar-refractivity contribution in [1.82, 2.24) is 10.2 Å². The van der Waals surface area contributed by atoms with Crippen molar-refractivity contribution in [3.63, 3.8) is 0 Å². The van der Waals surface area contributed by atoms with Crippen LogP contribution in [0.5, 0.6) is 0 Å². The zero-order chi connectivity index (χ0) is 23.8. The second kappa shape index (κ2) is 11.6. The molecule has 3 aromatic rings. The molecule has 4 nitrogen and oxygen atoms in total. The van der Waals surface area contributed by atoms with E-state index in [1.54, 1.807) is 4.90 Å². The van der Waals surface area contributed by atoms with E-state index in [9.17, 15) is 9.59 Å². The normalized spacial score (nSPS) is 14.5. The number of carbonyl (C=O) groups is 2. The van der Waals surface area contributed by atoms with Crippen LogP contribution < -0.4 is 5.32 Å². The van der Waals surface area contributed by atoms with Crippen LogP contribution in [0.3, 0.4) is 0 Å². The van der Waals surface area contributed by atoms with E-state index in [0.717, 1.165) is 47.9 Å². The van der Waals surface area contributed by atoms with Crippen molar-refractivity contribution in [1.29, 1.82) is 0 Å². The van der Waals surface area contributed by atoms with Gasteiger partial charge in [0.2, 0.25) is 11.8 Å². The van der Waals surface area contributed by atoms with Crippen molar-refractivity contribution < 1.29 is 9.59 Å². The van der Waals surface area contributed by atoms with E-state index in [1.165, 1.54) is 0 Å². The van der Waals surface area contributed by atoms with Gasteiger partial charge in [-0.25, -0.2) is 0 Å². The topological polar surface area (TPSA) is 49.4 Å². The summed E-state index contributed by atoms with van der Waals surface area (Å²) < 4.78 is 0. The van der Waals surface area contributed by atoms with Crippen LogP contribution in [-0.4, -0.2) is 28.8 Å². The van der Waals surface area contributed by atoms with Crippen molar-refractivity contribution in [2.45, 2.75) is 64.1 Å². The van der Waals surface area contributed by atoms with E-state index in [4.69, 9.17) is 0 Å². The maximum absolute atomic E-state index is 13.7. The van der Waals surface area contributed by atoms with Crippen LogP contribution in [0.4, 0.5) is 0 Å². The predicted octanol–water partition coefficient (Wildman–Crippen LogP) is 5.24. The summed E-state index contributed by atoms with van der Waals surface area (Å²) in [7, 11) is 0. The lowest BCUT2D eigenvalue weighted by Gasteiger charge is -2.32. The smallest absolute Gasteiger partial charge is 0.243 e. The first-order valence-electron chi connectivity index (χ1n) is 12.3. The zero-order valence-corrected chi connectivity index (χ0v) is 20.0. The molecule has 4 heteroatoms. The second-order valence-electron chi connectivity index (χ2n) is 9.37. The molecule has 3 aromatic carbocycles. The van der Waals surface area contributed by atoms with Crippen molar-refractivity contribution >= 4 is 11.8 Å². The van der Waals surface area contributed by atoms with Crippen LogP contribution in [0.15, 0.2) is 84.9 Å². The van der Waals surface area contributed by atoms with Gasteiger partial charge in [0.05, 0.1) is 6.42 Å². The van der Waals surface area contributed by atoms with Gasteiger partial charge >= 0.3 is 0 Å². The van der Waals surface area contributed by atoms with Gasteiger partial charge in [0.15, 0.2) is 0 Å². The van der Waals surface area contributed by atoms with Gasteiger partial charge in [-0.2, -0.15) is 0 Å². The molecule has 1 saturated carbocycles. The number of amides is 2. The molecule has 1 N–H and O–H groups in total. The van der Waals surface area contributed by atoms with Crippen LogP contribution in [0.1, 0.15) is 47.9 Å². The van der Waals surface area contributed by atoms with Gasteiger partial charge in [-0.15, -0.1) is 0 Å². The van der Waals surface area contributed by atoms with Gasteiger partial charge in [0, 0.05) is 19.0 Å². The lowest BCUT2D eigenvalue weighted by Crippen LogP contribution is -2.52. The number of rotatable bonds is 9. The Kier molecular flexibility index (Phi) is 8.13. The molecule has 2 amide bonds. The first-order chi connectivity index (χ1) is 16.6. The number of carbonyl (C=O) groups excluding carboxylic acids is 2. The molecule has 0 aliphatic heterocycles. The Bertz CT molecular complexity index is 1080. The molecular weight excluding hydrogens is 420 g/mol. The standard InChI is InChI=1S/C30H34N2O2/c1-23-11-10-16-26(19-23)21-29(33)32(22-25-14-6-3-7-15-25)28(20-24-12-4-2-5-13-24)30(34)31-27-17-8-9-18-27/h2-7,10-16,19,27-28H,8-9,17-18,20-22H2,1H3,(H,31,34)/t28-/m1/s1. The Hall–Kier alpha value is -3.40. The van der Waals surface area contributed by atoms with Crippen LogP contribution in [0, 0.1) is 6.92 Å². The molecule has 1 atom stereocenters. The van der Waals surface area contributed by atoms with E-state index < -0.39 is 6.04 Å². The summed E-state index contributed by atoms with van der Waals surface area (Å²) in [6.45, 7) is 2.43. The molecule has 0 unspecified atom stereocenters. The molecule has 0 heterocycles. The molecule has 4 rings (SSSR count). The molecule has 0 radical (unpaired) electrons. The van der Waals surface area contributed by atoms with Crippen molar-refractivity contribution in [2.24, 2.45) is 0 Å². The highest BCUT2D eigenvalue weighted by Crippen LogP contribution is 2.20. The first kappa shape index (κ1) is 23.7. The fourth-order valence-corrected chi connectivity index (χ4v) is 4.80. The summed E-state index contributed by atoms with van der Waals surface area (Å²) in [4.78, 5) is 29.2. The van der Waals surface area contributed by atoms with Gasteiger partial charge in [0.1, 0.15) is 6.04 Å². The summed E-state index contributed by atoms with van der Waals surface area (Å²) in [5.74, 6) is -0.0822. The fraction of sp³-hybridized carbons (Fsp3) is 0.333. The lowest BCUT2D eigenvalue weighted by molar-refractivity contribution is -0.141. The van der Waals surface area contributed by atoms with E-state index >= 15 is 0 Å². The molecular formula is C30H34N2O2. The molecule has 0 saturated heterocycles. The highest BCUT2D eigenvalue weighted by atomic mass is 16.2. The van der Waals surface area contributed by atoms with E-state index in [2.05, 4.69) is 5.32 Å². The van der Waals surface area contributed by atoms with Gasteiger partial charge in [-0.3, -0.25) is 9.59 Å². The molecule has 34 heavy (non-hydrogen) atoms. The Morgan fingerprint density at radius 2 is 1.47 bits per heavy atom. The van der Waals surface area contributed by atoms with Crippen molar-refractivity contribution in [2.75, 3.05) is 0 Å². The minimum Gasteiger partial charge on any atom is -0.352 e. The molecule has 1 aliphatic carbocycles. The molecule has 176 valence electrons. The monoisotopic (exact) mass is 454 g/mol. The molecule has 0 spiro atoms.